The Hall–Kier alpha value is -2.46. The molecular formula is C19H21N3O. The van der Waals surface area contributed by atoms with Crippen LogP contribution in [0.1, 0.15) is 24.2 Å². The van der Waals surface area contributed by atoms with E-state index in [1.165, 1.54) is 0 Å². The molecule has 0 saturated heterocycles. The molecule has 0 radical (unpaired) electrons. The van der Waals surface area contributed by atoms with Gasteiger partial charge in [-0.05, 0) is 31.0 Å². The van der Waals surface area contributed by atoms with Crippen molar-refractivity contribution < 1.29 is 4.74 Å². The fourth-order valence-electron chi connectivity index (χ4n) is 2.71. The van der Waals surface area contributed by atoms with Gasteiger partial charge in [0.1, 0.15) is 12.1 Å². The first kappa shape index (κ1) is 15.4. The molecule has 3 rings (SSSR count). The van der Waals surface area contributed by atoms with E-state index in [9.17, 15) is 0 Å². The molecule has 2 aromatic carbocycles. The Morgan fingerprint density at radius 1 is 1.04 bits per heavy atom. The van der Waals surface area contributed by atoms with E-state index in [2.05, 4.69) is 40.4 Å². The van der Waals surface area contributed by atoms with E-state index in [-0.39, 0.29) is 6.10 Å². The third-order valence-corrected chi connectivity index (χ3v) is 3.86. The lowest BCUT2D eigenvalue weighted by Gasteiger charge is -2.19. The van der Waals surface area contributed by atoms with Gasteiger partial charge in [-0.3, -0.25) is 0 Å². The maximum Gasteiger partial charge on any atom is 0.137 e. The van der Waals surface area contributed by atoms with Gasteiger partial charge in [-0.15, -0.1) is 0 Å². The van der Waals surface area contributed by atoms with Crippen molar-refractivity contribution in [2.45, 2.75) is 20.0 Å². The highest BCUT2D eigenvalue weighted by atomic mass is 16.5. The molecule has 1 heterocycles. The SMILES string of the molecule is CCOC(CNc1ncnc2c(C)cccc12)c1ccccc1. The van der Waals surface area contributed by atoms with Gasteiger partial charge in [-0.25, -0.2) is 9.97 Å². The Labute approximate surface area is 136 Å². The second-order valence-electron chi connectivity index (χ2n) is 5.43. The Balaban J connectivity index is 1.83. The molecule has 0 fully saturated rings. The molecule has 0 amide bonds. The molecule has 4 nitrogen and oxygen atoms in total. The number of aromatic nitrogens is 2. The molecule has 1 N–H and O–H groups in total. The highest BCUT2D eigenvalue weighted by Crippen LogP contribution is 2.23. The van der Waals surface area contributed by atoms with Gasteiger partial charge in [0.2, 0.25) is 0 Å². The van der Waals surface area contributed by atoms with Crippen LogP contribution in [0.3, 0.4) is 0 Å². The first-order chi connectivity index (χ1) is 11.3. The maximum atomic E-state index is 5.88. The summed E-state index contributed by atoms with van der Waals surface area (Å²) in [6.07, 6.45) is 1.60. The molecule has 0 aliphatic carbocycles. The van der Waals surface area contributed by atoms with Crippen LogP contribution in [0.25, 0.3) is 10.9 Å². The zero-order valence-corrected chi connectivity index (χ0v) is 13.5. The van der Waals surface area contributed by atoms with Crippen molar-refractivity contribution in [3.63, 3.8) is 0 Å². The molecule has 4 heteroatoms. The molecule has 1 atom stereocenters. The first-order valence-corrected chi connectivity index (χ1v) is 7.90. The summed E-state index contributed by atoms with van der Waals surface area (Å²) in [5, 5.41) is 4.46. The molecule has 1 aromatic heterocycles. The lowest BCUT2D eigenvalue weighted by Crippen LogP contribution is -2.16. The number of hydrogen-bond donors (Lipinski definition) is 1. The summed E-state index contributed by atoms with van der Waals surface area (Å²) in [7, 11) is 0. The van der Waals surface area contributed by atoms with E-state index in [0.29, 0.717) is 13.2 Å². The van der Waals surface area contributed by atoms with Gasteiger partial charge in [0.05, 0.1) is 11.6 Å². The second kappa shape index (κ2) is 7.20. The Morgan fingerprint density at radius 3 is 2.65 bits per heavy atom. The Bertz CT molecular complexity index is 774. The summed E-state index contributed by atoms with van der Waals surface area (Å²) in [5.41, 5.74) is 3.30. The van der Waals surface area contributed by atoms with Crippen molar-refractivity contribution >= 4 is 16.7 Å². The van der Waals surface area contributed by atoms with Crippen molar-refractivity contribution in [3.05, 3.63) is 66.0 Å². The van der Waals surface area contributed by atoms with Crippen molar-refractivity contribution in [1.82, 2.24) is 9.97 Å². The monoisotopic (exact) mass is 307 g/mol. The molecular weight excluding hydrogens is 286 g/mol. The normalized spacial score (nSPS) is 12.3. The van der Waals surface area contributed by atoms with E-state index in [1.54, 1.807) is 6.33 Å². The number of anilines is 1. The number of aryl methyl sites for hydroxylation is 1. The molecule has 0 saturated carbocycles. The van der Waals surface area contributed by atoms with Gasteiger partial charge < -0.3 is 10.1 Å². The number of nitrogens with zero attached hydrogens (tertiary/aromatic N) is 2. The summed E-state index contributed by atoms with van der Waals surface area (Å²) < 4.78 is 5.88. The highest BCUT2D eigenvalue weighted by molar-refractivity contribution is 5.90. The predicted molar refractivity (Wildman–Crippen MR) is 93.6 cm³/mol. The average molecular weight is 307 g/mol. The van der Waals surface area contributed by atoms with Crippen molar-refractivity contribution in [1.29, 1.82) is 0 Å². The van der Waals surface area contributed by atoms with Crippen LogP contribution in [-0.4, -0.2) is 23.1 Å². The van der Waals surface area contributed by atoms with Gasteiger partial charge in [-0.2, -0.15) is 0 Å². The largest absolute Gasteiger partial charge is 0.372 e. The van der Waals surface area contributed by atoms with Gasteiger partial charge in [0, 0.05) is 18.5 Å². The number of fused-ring (bicyclic) bond motifs is 1. The number of rotatable bonds is 6. The highest BCUT2D eigenvalue weighted by Gasteiger charge is 2.12. The average Bonchev–Trinajstić information content (AvgIpc) is 2.60. The molecule has 1 unspecified atom stereocenters. The van der Waals surface area contributed by atoms with Crippen LogP contribution in [0.4, 0.5) is 5.82 Å². The number of benzene rings is 2. The maximum absolute atomic E-state index is 5.88. The van der Waals surface area contributed by atoms with Crippen molar-refractivity contribution in [3.8, 4) is 0 Å². The summed E-state index contributed by atoms with van der Waals surface area (Å²) in [4.78, 5) is 8.78. The van der Waals surface area contributed by atoms with E-state index >= 15 is 0 Å². The van der Waals surface area contributed by atoms with E-state index in [1.807, 2.05) is 37.3 Å². The minimum absolute atomic E-state index is 0.00368. The fourth-order valence-corrected chi connectivity index (χ4v) is 2.71. The molecule has 0 aliphatic rings. The molecule has 23 heavy (non-hydrogen) atoms. The summed E-state index contributed by atoms with van der Waals surface area (Å²) >= 11 is 0. The van der Waals surface area contributed by atoms with Crippen LogP contribution in [0, 0.1) is 6.92 Å². The van der Waals surface area contributed by atoms with Crippen LogP contribution in [0.5, 0.6) is 0 Å². The summed E-state index contributed by atoms with van der Waals surface area (Å²) in [5.74, 6) is 0.847. The number of hydrogen-bond acceptors (Lipinski definition) is 4. The molecule has 3 aromatic rings. The van der Waals surface area contributed by atoms with E-state index in [0.717, 1.165) is 27.8 Å². The van der Waals surface area contributed by atoms with E-state index in [4.69, 9.17) is 4.74 Å². The Kier molecular flexibility index (Phi) is 4.83. The van der Waals surface area contributed by atoms with Crippen molar-refractivity contribution in [2.75, 3.05) is 18.5 Å². The van der Waals surface area contributed by atoms with Gasteiger partial charge in [-0.1, -0.05) is 42.5 Å². The van der Waals surface area contributed by atoms with Gasteiger partial charge in [0.15, 0.2) is 0 Å². The van der Waals surface area contributed by atoms with Gasteiger partial charge in [0.25, 0.3) is 0 Å². The summed E-state index contributed by atoms with van der Waals surface area (Å²) in [6, 6.07) is 16.4. The number of ether oxygens (including phenoxy) is 1. The molecule has 0 spiro atoms. The Morgan fingerprint density at radius 2 is 1.87 bits per heavy atom. The van der Waals surface area contributed by atoms with Crippen LogP contribution in [-0.2, 0) is 4.74 Å². The summed E-state index contributed by atoms with van der Waals surface area (Å²) in [6.45, 7) is 5.41. The van der Waals surface area contributed by atoms with Crippen molar-refractivity contribution in [2.24, 2.45) is 0 Å². The molecule has 118 valence electrons. The zero-order valence-electron chi connectivity index (χ0n) is 13.5. The lowest BCUT2D eigenvalue weighted by molar-refractivity contribution is 0.0718. The topological polar surface area (TPSA) is 47.0 Å². The first-order valence-electron chi connectivity index (χ1n) is 7.90. The van der Waals surface area contributed by atoms with Crippen LogP contribution < -0.4 is 5.32 Å². The predicted octanol–water partition coefficient (Wildman–Crippen LogP) is 4.13. The zero-order chi connectivity index (χ0) is 16.1. The molecule has 0 aliphatic heterocycles. The van der Waals surface area contributed by atoms with Gasteiger partial charge >= 0.3 is 0 Å². The minimum Gasteiger partial charge on any atom is -0.372 e. The number of nitrogens with one attached hydrogen (secondary N) is 1. The fraction of sp³-hybridized carbons (Fsp3) is 0.263. The lowest BCUT2D eigenvalue weighted by atomic mass is 10.1. The third-order valence-electron chi connectivity index (χ3n) is 3.86. The molecule has 0 bridgehead atoms. The smallest absolute Gasteiger partial charge is 0.137 e. The van der Waals surface area contributed by atoms with E-state index < -0.39 is 0 Å². The number of para-hydroxylation sites is 1. The quantitative estimate of drug-likeness (QED) is 0.744. The van der Waals surface area contributed by atoms with Crippen LogP contribution >= 0.6 is 0 Å². The minimum atomic E-state index is -0.00368. The third kappa shape index (κ3) is 3.48. The van der Waals surface area contributed by atoms with Crippen LogP contribution in [0.15, 0.2) is 54.9 Å². The second-order valence-corrected chi connectivity index (χ2v) is 5.43. The van der Waals surface area contributed by atoms with Crippen LogP contribution in [0.2, 0.25) is 0 Å². The standard InChI is InChI=1S/C19H21N3O/c1-3-23-17(15-9-5-4-6-10-15)12-20-19-16-11-7-8-14(2)18(16)21-13-22-19/h4-11,13,17H,3,12H2,1-2H3,(H,20,21,22).